The SMILES string of the molecule is CCc1cc(CC)c(CBr)c(CC)c1O. The molecule has 0 atom stereocenters. The van der Waals surface area contributed by atoms with Crippen molar-refractivity contribution < 1.29 is 5.11 Å². The van der Waals surface area contributed by atoms with Gasteiger partial charge in [-0.1, -0.05) is 42.8 Å². The Bertz CT molecular complexity index is 345. The van der Waals surface area contributed by atoms with E-state index in [4.69, 9.17) is 0 Å². The van der Waals surface area contributed by atoms with Crippen LogP contribution in [0, 0.1) is 0 Å². The van der Waals surface area contributed by atoms with Gasteiger partial charge < -0.3 is 5.11 Å². The highest BCUT2D eigenvalue weighted by Crippen LogP contribution is 2.31. The van der Waals surface area contributed by atoms with Gasteiger partial charge in [-0.15, -0.1) is 0 Å². The molecule has 0 spiro atoms. The molecule has 0 unspecified atom stereocenters. The maximum absolute atomic E-state index is 10.1. The van der Waals surface area contributed by atoms with Gasteiger partial charge in [0, 0.05) is 5.33 Å². The maximum atomic E-state index is 10.1. The van der Waals surface area contributed by atoms with E-state index in [0.717, 1.165) is 35.7 Å². The summed E-state index contributed by atoms with van der Waals surface area (Å²) in [5, 5.41) is 10.9. The molecule has 0 saturated carbocycles. The van der Waals surface area contributed by atoms with Crippen LogP contribution in [0.4, 0.5) is 0 Å². The zero-order valence-electron chi connectivity index (χ0n) is 9.73. The summed E-state index contributed by atoms with van der Waals surface area (Å²) in [6.45, 7) is 6.35. The lowest BCUT2D eigenvalue weighted by atomic mass is 9.93. The van der Waals surface area contributed by atoms with Crippen molar-refractivity contribution in [2.45, 2.75) is 45.4 Å². The van der Waals surface area contributed by atoms with Gasteiger partial charge in [-0.3, -0.25) is 0 Å². The molecule has 0 bridgehead atoms. The summed E-state index contributed by atoms with van der Waals surface area (Å²) in [4.78, 5) is 0. The molecule has 15 heavy (non-hydrogen) atoms. The predicted molar refractivity (Wildman–Crippen MR) is 68.9 cm³/mol. The smallest absolute Gasteiger partial charge is 0.122 e. The molecule has 0 aliphatic heterocycles. The summed E-state index contributed by atoms with van der Waals surface area (Å²) in [5.74, 6) is 0.506. The standard InChI is InChI=1S/C13H19BrO/c1-4-9-7-10(5-2)13(15)11(6-3)12(9)8-14/h7,15H,4-6,8H2,1-3H3. The van der Waals surface area contributed by atoms with Crippen LogP contribution in [-0.2, 0) is 24.6 Å². The molecule has 1 rings (SSSR count). The van der Waals surface area contributed by atoms with Crippen molar-refractivity contribution in [3.63, 3.8) is 0 Å². The fourth-order valence-electron chi connectivity index (χ4n) is 2.03. The molecule has 0 amide bonds. The molecule has 1 aromatic carbocycles. The van der Waals surface area contributed by atoms with Gasteiger partial charge >= 0.3 is 0 Å². The molecule has 0 radical (unpaired) electrons. The minimum Gasteiger partial charge on any atom is -0.507 e. The average molecular weight is 271 g/mol. The molecule has 1 N–H and O–H groups in total. The molecule has 0 aromatic heterocycles. The van der Waals surface area contributed by atoms with E-state index in [1.807, 2.05) is 0 Å². The molecule has 0 aliphatic carbocycles. The van der Waals surface area contributed by atoms with Crippen LogP contribution in [0.15, 0.2) is 6.07 Å². The first kappa shape index (κ1) is 12.6. The van der Waals surface area contributed by atoms with Crippen molar-refractivity contribution in [1.29, 1.82) is 0 Å². The fraction of sp³-hybridized carbons (Fsp3) is 0.538. The van der Waals surface area contributed by atoms with Gasteiger partial charge in [0.25, 0.3) is 0 Å². The van der Waals surface area contributed by atoms with E-state index in [0.29, 0.717) is 5.75 Å². The number of rotatable bonds is 4. The lowest BCUT2D eigenvalue weighted by molar-refractivity contribution is 0.461. The first-order valence-corrected chi connectivity index (χ1v) is 6.73. The van der Waals surface area contributed by atoms with Crippen LogP contribution >= 0.6 is 15.9 Å². The van der Waals surface area contributed by atoms with Crippen LogP contribution in [0.2, 0.25) is 0 Å². The Labute approximate surface area is 101 Å². The fourth-order valence-corrected chi connectivity index (χ4v) is 2.73. The number of hydrogen-bond acceptors (Lipinski definition) is 1. The van der Waals surface area contributed by atoms with Crippen LogP contribution in [0.3, 0.4) is 0 Å². The zero-order chi connectivity index (χ0) is 11.4. The predicted octanol–water partition coefficient (Wildman–Crippen LogP) is 3.97. The highest BCUT2D eigenvalue weighted by atomic mass is 79.9. The summed E-state index contributed by atoms with van der Waals surface area (Å²) < 4.78 is 0. The summed E-state index contributed by atoms with van der Waals surface area (Å²) >= 11 is 3.51. The molecule has 0 fully saturated rings. The highest BCUT2D eigenvalue weighted by Gasteiger charge is 2.13. The Balaban J connectivity index is 3.43. The third kappa shape index (κ3) is 2.36. The number of aromatic hydroxyl groups is 1. The Hall–Kier alpha value is -0.500. The normalized spacial score (nSPS) is 10.7. The average Bonchev–Trinajstić information content (AvgIpc) is 2.28. The number of benzene rings is 1. The van der Waals surface area contributed by atoms with E-state index in [1.165, 1.54) is 11.1 Å². The Morgan fingerprint density at radius 2 is 1.60 bits per heavy atom. The molecule has 0 aliphatic rings. The van der Waals surface area contributed by atoms with Gasteiger partial charge in [0.15, 0.2) is 0 Å². The molecule has 2 heteroatoms. The van der Waals surface area contributed by atoms with E-state index in [1.54, 1.807) is 0 Å². The lowest BCUT2D eigenvalue weighted by Gasteiger charge is -2.16. The van der Waals surface area contributed by atoms with Crippen molar-refractivity contribution in [3.8, 4) is 5.75 Å². The van der Waals surface area contributed by atoms with E-state index in [9.17, 15) is 5.11 Å². The summed E-state index contributed by atoms with van der Waals surface area (Å²) in [5.41, 5.74) is 4.82. The monoisotopic (exact) mass is 270 g/mol. The Morgan fingerprint density at radius 3 is 2.00 bits per heavy atom. The summed E-state index contributed by atoms with van der Waals surface area (Å²) in [7, 11) is 0. The first-order chi connectivity index (χ1) is 7.19. The molecule has 0 heterocycles. The van der Waals surface area contributed by atoms with E-state index in [2.05, 4.69) is 42.8 Å². The van der Waals surface area contributed by atoms with E-state index >= 15 is 0 Å². The topological polar surface area (TPSA) is 20.2 Å². The third-order valence-electron chi connectivity index (χ3n) is 2.94. The van der Waals surface area contributed by atoms with Crippen molar-refractivity contribution in [1.82, 2.24) is 0 Å². The minimum absolute atomic E-state index is 0.506. The quantitative estimate of drug-likeness (QED) is 0.821. The summed E-state index contributed by atoms with van der Waals surface area (Å²) in [6, 6.07) is 2.14. The van der Waals surface area contributed by atoms with Crippen molar-refractivity contribution >= 4 is 15.9 Å². The number of phenols is 1. The van der Waals surface area contributed by atoms with Crippen molar-refractivity contribution in [3.05, 3.63) is 28.3 Å². The van der Waals surface area contributed by atoms with Gasteiger partial charge in [0.2, 0.25) is 0 Å². The largest absolute Gasteiger partial charge is 0.507 e. The molecule has 1 aromatic rings. The Kier molecular flexibility index (Phi) is 4.65. The van der Waals surface area contributed by atoms with Gasteiger partial charge in [-0.2, -0.15) is 0 Å². The van der Waals surface area contributed by atoms with Crippen LogP contribution in [0.5, 0.6) is 5.75 Å². The second-order valence-corrected chi connectivity index (χ2v) is 4.26. The van der Waals surface area contributed by atoms with Gasteiger partial charge in [-0.05, 0) is 41.5 Å². The third-order valence-corrected chi connectivity index (χ3v) is 3.50. The number of aryl methyl sites for hydroxylation is 2. The Morgan fingerprint density at radius 1 is 1.00 bits per heavy atom. The first-order valence-electron chi connectivity index (χ1n) is 5.60. The van der Waals surface area contributed by atoms with Gasteiger partial charge in [-0.25, -0.2) is 0 Å². The van der Waals surface area contributed by atoms with Gasteiger partial charge in [0.1, 0.15) is 5.75 Å². The molecule has 1 nitrogen and oxygen atoms in total. The van der Waals surface area contributed by atoms with Crippen LogP contribution < -0.4 is 0 Å². The van der Waals surface area contributed by atoms with Crippen LogP contribution in [-0.4, -0.2) is 5.11 Å². The van der Waals surface area contributed by atoms with Crippen molar-refractivity contribution in [2.75, 3.05) is 0 Å². The van der Waals surface area contributed by atoms with Crippen LogP contribution in [0.25, 0.3) is 0 Å². The maximum Gasteiger partial charge on any atom is 0.122 e. The van der Waals surface area contributed by atoms with Crippen molar-refractivity contribution in [2.24, 2.45) is 0 Å². The number of hydrogen-bond donors (Lipinski definition) is 1. The highest BCUT2D eigenvalue weighted by molar-refractivity contribution is 9.08. The molecule has 84 valence electrons. The van der Waals surface area contributed by atoms with E-state index < -0.39 is 0 Å². The zero-order valence-corrected chi connectivity index (χ0v) is 11.3. The minimum atomic E-state index is 0.506. The molecular weight excluding hydrogens is 252 g/mol. The number of halogens is 1. The summed E-state index contributed by atoms with van der Waals surface area (Å²) in [6.07, 6.45) is 2.82. The second kappa shape index (κ2) is 5.55. The number of phenolic OH excluding ortho intramolecular Hbond substituents is 1. The number of alkyl halides is 1. The second-order valence-electron chi connectivity index (χ2n) is 3.69. The van der Waals surface area contributed by atoms with Gasteiger partial charge in [0.05, 0.1) is 0 Å². The van der Waals surface area contributed by atoms with E-state index in [-0.39, 0.29) is 0 Å². The van der Waals surface area contributed by atoms with Crippen LogP contribution in [0.1, 0.15) is 43.0 Å². The molecule has 0 saturated heterocycles. The lowest BCUT2D eigenvalue weighted by Crippen LogP contribution is -2.00. The molecular formula is C13H19BrO.